The first kappa shape index (κ1) is 15.3. The van der Waals surface area contributed by atoms with E-state index in [0.717, 1.165) is 38.5 Å². The molecule has 0 aromatic heterocycles. The van der Waals surface area contributed by atoms with Crippen molar-refractivity contribution in [1.82, 2.24) is 0 Å². The second kappa shape index (κ2) is 6.55. The molecule has 0 aromatic rings. The van der Waals surface area contributed by atoms with Gasteiger partial charge in [-0.2, -0.15) is 0 Å². The molecule has 2 aliphatic rings. The van der Waals surface area contributed by atoms with Crippen LogP contribution in [0.25, 0.3) is 0 Å². The summed E-state index contributed by atoms with van der Waals surface area (Å²) >= 11 is 0. The van der Waals surface area contributed by atoms with E-state index in [4.69, 9.17) is 9.47 Å². The summed E-state index contributed by atoms with van der Waals surface area (Å²) in [6, 6.07) is 0. The lowest BCUT2D eigenvalue weighted by Gasteiger charge is -2.34. The molecule has 0 bridgehead atoms. The maximum absolute atomic E-state index is 12.8. The van der Waals surface area contributed by atoms with Crippen molar-refractivity contribution in [3.8, 4) is 0 Å². The van der Waals surface area contributed by atoms with Crippen LogP contribution in [0.3, 0.4) is 0 Å². The van der Waals surface area contributed by atoms with Crippen LogP contribution in [0.5, 0.6) is 0 Å². The van der Waals surface area contributed by atoms with E-state index in [1.807, 2.05) is 0 Å². The Morgan fingerprint density at radius 1 is 0.789 bits per heavy atom. The van der Waals surface area contributed by atoms with Crippen LogP contribution in [0.2, 0.25) is 0 Å². The average Bonchev–Trinajstić information content (AvgIpc) is 2.47. The summed E-state index contributed by atoms with van der Waals surface area (Å²) in [5.41, 5.74) is 0. The molecule has 0 aliphatic heterocycles. The predicted molar refractivity (Wildman–Crippen MR) is 75.0 cm³/mol. The predicted octanol–water partition coefficient (Wildman–Crippen LogP) is 2.32. The lowest BCUT2D eigenvalue weighted by molar-refractivity contribution is 0.0680. The van der Waals surface area contributed by atoms with E-state index in [1.54, 1.807) is 14.2 Å². The van der Waals surface area contributed by atoms with E-state index in [-0.39, 0.29) is 22.7 Å². The summed E-state index contributed by atoms with van der Waals surface area (Å²) in [7, 11) is 0.332. The monoisotopic (exact) mass is 290 g/mol. The van der Waals surface area contributed by atoms with E-state index in [2.05, 4.69) is 0 Å². The third kappa shape index (κ3) is 3.50. The van der Waals surface area contributed by atoms with Crippen LogP contribution in [0.4, 0.5) is 0 Å². The van der Waals surface area contributed by atoms with E-state index in [9.17, 15) is 8.42 Å². The smallest absolute Gasteiger partial charge is 0.156 e. The largest absolute Gasteiger partial charge is 0.381 e. The van der Waals surface area contributed by atoms with E-state index >= 15 is 0 Å². The highest BCUT2D eigenvalue weighted by molar-refractivity contribution is 7.92. The standard InChI is InChI=1S/C14H26O4S/c1-17-11-5-3-7-13(9-11)19(15,16)14-8-4-6-12(10-14)18-2/h11-14H,3-10H2,1-2H3. The Balaban J connectivity index is 2.04. The van der Waals surface area contributed by atoms with Gasteiger partial charge in [0.1, 0.15) is 0 Å². The van der Waals surface area contributed by atoms with Crippen molar-refractivity contribution in [3.05, 3.63) is 0 Å². The number of sulfone groups is 1. The van der Waals surface area contributed by atoms with Gasteiger partial charge in [0.05, 0.1) is 22.7 Å². The molecule has 0 amide bonds. The number of methoxy groups -OCH3 is 2. The molecule has 4 atom stereocenters. The molecule has 19 heavy (non-hydrogen) atoms. The minimum atomic E-state index is -3.03. The summed E-state index contributed by atoms with van der Waals surface area (Å²) in [6.45, 7) is 0. The Morgan fingerprint density at radius 2 is 1.21 bits per heavy atom. The Hall–Kier alpha value is -0.130. The quantitative estimate of drug-likeness (QED) is 0.797. The second-order valence-corrected chi connectivity index (χ2v) is 8.39. The van der Waals surface area contributed by atoms with Gasteiger partial charge in [0.2, 0.25) is 0 Å². The topological polar surface area (TPSA) is 52.6 Å². The van der Waals surface area contributed by atoms with Gasteiger partial charge in [0.15, 0.2) is 9.84 Å². The Bertz CT molecular complexity index is 349. The molecule has 5 heteroatoms. The first-order valence-corrected chi connectivity index (χ1v) is 8.97. The summed E-state index contributed by atoms with van der Waals surface area (Å²) in [4.78, 5) is 0. The SMILES string of the molecule is COC1CCCC(S(=O)(=O)C2CCCC(OC)C2)C1. The molecule has 0 heterocycles. The third-order valence-electron chi connectivity index (χ3n) is 4.75. The molecular weight excluding hydrogens is 264 g/mol. The molecule has 0 N–H and O–H groups in total. The molecule has 2 aliphatic carbocycles. The van der Waals surface area contributed by atoms with Crippen LogP contribution in [0.15, 0.2) is 0 Å². The molecule has 112 valence electrons. The molecule has 0 saturated heterocycles. The van der Waals surface area contributed by atoms with Crippen molar-refractivity contribution in [1.29, 1.82) is 0 Å². The molecular formula is C14H26O4S. The number of ether oxygens (including phenoxy) is 2. The normalized spacial score (nSPS) is 37.2. The second-order valence-electron chi connectivity index (χ2n) is 5.88. The summed E-state index contributed by atoms with van der Waals surface area (Å²) in [6.07, 6.45) is 7.10. The van der Waals surface area contributed by atoms with Crippen molar-refractivity contribution in [2.24, 2.45) is 0 Å². The lowest BCUT2D eigenvalue weighted by Crippen LogP contribution is -2.40. The molecule has 2 saturated carbocycles. The minimum absolute atomic E-state index is 0.121. The Morgan fingerprint density at radius 3 is 1.58 bits per heavy atom. The van der Waals surface area contributed by atoms with E-state index in [1.165, 1.54) is 0 Å². The number of rotatable bonds is 4. The average molecular weight is 290 g/mol. The van der Waals surface area contributed by atoms with Gasteiger partial charge in [-0.25, -0.2) is 8.42 Å². The van der Waals surface area contributed by atoms with Crippen LogP contribution in [-0.2, 0) is 19.3 Å². The first-order valence-electron chi connectivity index (χ1n) is 7.36. The van der Waals surface area contributed by atoms with Gasteiger partial charge in [0, 0.05) is 14.2 Å². The fraction of sp³-hybridized carbons (Fsp3) is 1.00. The molecule has 0 radical (unpaired) electrons. The van der Waals surface area contributed by atoms with E-state index < -0.39 is 9.84 Å². The van der Waals surface area contributed by atoms with Gasteiger partial charge in [-0.05, 0) is 51.4 Å². The van der Waals surface area contributed by atoms with Crippen LogP contribution in [-0.4, -0.2) is 45.3 Å². The van der Waals surface area contributed by atoms with Gasteiger partial charge in [-0.1, -0.05) is 0 Å². The zero-order valence-electron chi connectivity index (χ0n) is 12.0. The highest BCUT2D eigenvalue weighted by Gasteiger charge is 2.39. The van der Waals surface area contributed by atoms with Crippen LogP contribution < -0.4 is 0 Å². The fourth-order valence-electron chi connectivity index (χ4n) is 3.50. The molecule has 4 unspecified atom stereocenters. The lowest BCUT2D eigenvalue weighted by atomic mass is 9.96. The Kier molecular flexibility index (Phi) is 5.26. The summed E-state index contributed by atoms with van der Waals surface area (Å²) < 4.78 is 36.2. The summed E-state index contributed by atoms with van der Waals surface area (Å²) in [5.74, 6) is 0. The van der Waals surface area contributed by atoms with Crippen molar-refractivity contribution < 1.29 is 17.9 Å². The van der Waals surface area contributed by atoms with Gasteiger partial charge < -0.3 is 9.47 Å². The fourth-order valence-corrected chi connectivity index (χ4v) is 6.00. The van der Waals surface area contributed by atoms with Gasteiger partial charge in [-0.15, -0.1) is 0 Å². The highest BCUT2D eigenvalue weighted by atomic mass is 32.2. The maximum Gasteiger partial charge on any atom is 0.156 e. The van der Waals surface area contributed by atoms with Crippen molar-refractivity contribution >= 4 is 9.84 Å². The highest BCUT2D eigenvalue weighted by Crippen LogP contribution is 2.34. The molecule has 0 aromatic carbocycles. The van der Waals surface area contributed by atoms with Gasteiger partial charge >= 0.3 is 0 Å². The minimum Gasteiger partial charge on any atom is -0.381 e. The molecule has 2 rings (SSSR count). The van der Waals surface area contributed by atoms with Crippen molar-refractivity contribution in [2.45, 2.75) is 74.1 Å². The molecule has 2 fully saturated rings. The molecule has 4 nitrogen and oxygen atoms in total. The maximum atomic E-state index is 12.8. The third-order valence-corrected chi connectivity index (χ3v) is 7.47. The van der Waals surface area contributed by atoms with Crippen LogP contribution in [0, 0.1) is 0 Å². The van der Waals surface area contributed by atoms with Crippen LogP contribution in [0.1, 0.15) is 51.4 Å². The zero-order valence-corrected chi connectivity index (χ0v) is 12.8. The summed E-state index contributed by atoms with van der Waals surface area (Å²) in [5, 5.41) is -0.404. The van der Waals surface area contributed by atoms with Crippen molar-refractivity contribution in [3.63, 3.8) is 0 Å². The van der Waals surface area contributed by atoms with E-state index in [0.29, 0.717) is 12.8 Å². The molecule has 0 spiro atoms. The number of hydrogen-bond donors (Lipinski definition) is 0. The van der Waals surface area contributed by atoms with Crippen molar-refractivity contribution in [2.75, 3.05) is 14.2 Å². The van der Waals surface area contributed by atoms with Crippen LogP contribution >= 0.6 is 0 Å². The van der Waals surface area contributed by atoms with Gasteiger partial charge in [-0.3, -0.25) is 0 Å². The first-order chi connectivity index (χ1) is 9.07. The zero-order chi connectivity index (χ0) is 13.9. The Labute approximate surface area is 116 Å². The van der Waals surface area contributed by atoms with Gasteiger partial charge in [0.25, 0.3) is 0 Å². The number of hydrogen-bond acceptors (Lipinski definition) is 4.